The number of furan rings is 2. The van der Waals surface area contributed by atoms with Crippen LogP contribution >= 0.6 is 0 Å². The van der Waals surface area contributed by atoms with Crippen molar-refractivity contribution < 1.29 is 28.3 Å². The molecule has 4 aromatic carbocycles. The van der Waals surface area contributed by atoms with E-state index in [2.05, 4.69) is 15.7 Å². The Labute approximate surface area is 249 Å². The van der Waals surface area contributed by atoms with Crippen molar-refractivity contribution in [2.45, 2.75) is 13.8 Å². The number of benzene rings is 4. The molecule has 7 N–H and O–H groups in total. The number of aliphatic carboxylic acids is 1. The van der Waals surface area contributed by atoms with Crippen LogP contribution in [0.15, 0.2) is 92.8 Å². The highest BCUT2D eigenvalue weighted by molar-refractivity contribution is 6.14. The number of hydrogen-bond acceptors (Lipinski definition) is 9. The van der Waals surface area contributed by atoms with E-state index in [9.17, 15) is 9.59 Å². The number of fused-ring (bicyclic) bond motifs is 8. The van der Waals surface area contributed by atoms with Crippen LogP contribution in [0.5, 0.6) is 0 Å². The van der Waals surface area contributed by atoms with Crippen LogP contribution in [0.1, 0.15) is 24.4 Å². The molecule has 0 amide bonds. The van der Waals surface area contributed by atoms with Crippen LogP contribution in [-0.4, -0.2) is 40.0 Å². The second kappa shape index (κ2) is 13.7. The molecule has 0 unspecified atom stereocenters. The number of hydrogen-bond donors (Lipinski definition) is 5. The number of nitrogens with one attached hydrogen (secondary N) is 2. The van der Waals surface area contributed by atoms with Crippen LogP contribution in [0.4, 0.5) is 5.69 Å². The molecule has 44 heavy (non-hydrogen) atoms. The highest BCUT2D eigenvalue weighted by Gasteiger charge is 2.20. The lowest BCUT2D eigenvalue weighted by Crippen LogP contribution is -2.05. The van der Waals surface area contributed by atoms with Crippen LogP contribution < -0.4 is 17.0 Å². The maximum atomic E-state index is 11.8. The first kappa shape index (κ1) is 30.8. The number of ether oxygens (including phenoxy) is 1. The first-order valence-electron chi connectivity index (χ1n) is 13.3. The summed E-state index contributed by atoms with van der Waals surface area (Å²) < 4.78 is 16.3. The van der Waals surface area contributed by atoms with Crippen molar-refractivity contribution in [3.8, 4) is 0 Å². The van der Waals surface area contributed by atoms with E-state index in [0.717, 1.165) is 45.6 Å². The van der Waals surface area contributed by atoms with E-state index < -0.39 is 11.9 Å². The fraction of sp³-hybridized carbons (Fsp3) is 0.0938. The largest absolute Gasteiger partial charge is 0.481 e. The third-order valence-electron chi connectivity index (χ3n) is 6.23. The van der Waals surface area contributed by atoms with Crippen molar-refractivity contribution in [2.75, 3.05) is 12.3 Å². The highest BCUT2D eigenvalue weighted by atomic mass is 16.5. The van der Waals surface area contributed by atoms with Gasteiger partial charge in [0.2, 0.25) is 11.3 Å². The SMILES string of the molecule is CC(=O)O.CCOC(=O)c1oc2c(ccc3ccccc32)c1N.N=CN.O=c1[nH]cnc2c1oc1c3ccccc3ccc21. The second-order valence-electron chi connectivity index (χ2n) is 9.09. The van der Waals surface area contributed by atoms with Crippen LogP contribution in [-0.2, 0) is 9.53 Å². The van der Waals surface area contributed by atoms with E-state index in [1.54, 1.807) is 6.92 Å². The van der Waals surface area contributed by atoms with Gasteiger partial charge >= 0.3 is 5.97 Å². The first-order valence-corrected chi connectivity index (χ1v) is 13.3. The van der Waals surface area contributed by atoms with Crippen LogP contribution in [0.25, 0.3) is 54.6 Å². The molecule has 224 valence electrons. The number of carboxylic acid groups (broad SMARTS) is 1. The molecule has 0 radical (unpaired) electrons. The van der Waals surface area contributed by atoms with E-state index in [1.807, 2.05) is 72.8 Å². The molecule has 0 aliphatic rings. The molecule has 3 aromatic heterocycles. The third kappa shape index (κ3) is 6.34. The van der Waals surface area contributed by atoms with Gasteiger partial charge < -0.3 is 35.1 Å². The van der Waals surface area contributed by atoms with Gasteiger partial charge in [0.1, 0.15) is 16.7 Å². The standard InChI is InChI=1S/C15H13NO3.C14H8N2O2.C2H4O2.CH4N2/c1-2-18-15(17)14-12(16)11-8-7-9-5-3-4-6-10(9)13(11)19-14;17-14-13-11(15-7-16-14)10-6-5-8-3-1-2-4-9(8)12(10)18-13;1-2(3)4;2-1-3/h3-8H,2,16H2,1H3;1-7H,(H,15,16,17);1H3,(H,3,4);1H,(H3,2,3). The number of nitrogen functional groups attached to an aromatic ring is 1. The Morgan fingerprint density at radius 3 is 2.00 bits per heavy atom. The maximum Gasteiger partial charge on any atom is 0.376 e. The molecular weight excluding hydrogens is 566 g/mol. The minimum absolute atomic E-state index is 0.0770. The molecular formula is C32H29N5O7. The summed E-state index contributed by atoms with van der Waals surface area (Å²) in [6, 6.07) is 23.5. The van der Waals surface area contributed by atoms with Gasteiger partial charge in [-0.1, -0.05) is 60.7 Å². The Morgan fingerprint density at radius 2 is 1.43 bits per heavy atom. The van der Waals surface area contributed by atoms with Crippen LogP contribution in [0.3, 0.4) is 0 Å². The maximum absolute atomic E-state index is 11.8. The molecule has 7 rings (SSSR count). The predicted octanol–water partition coefficient (Wildman–Crippen LogP) is 5.81. The number of carboxylic acids is 1. The summed E-state index contributed by atoms with van der Waals surface area (Å²) in [5.41, 5.74) is 12.7. The Morgan fingerprint density at radius 1 is 0.909 bits per heavy atom. The summed E-state index contributed by atoms with van der Waals surface area (Å²) in [4.78, 5) is 39.2. The van der Waals surface area contributed by atoms with E-state index in [0.29, 0.717) is 22.4 Å². The molecule has 0 atom stereocenters. The number of nitrogens with zero attached hydrogens (tertiary/aromatic N) is 1. The van der Waals surface area contributed by atoms with E-state index in [4.69, 9.17) is 34.6 Å². The van der Waals surface area contributed by atoms with Gasteiger partial charge in [0.05, 0.1) is 25.0 Å². The summed E-state index contributed by atoms with van der Waals surface area (Å²) in [5, 5.41) is 18.9. The first-order chi connectivity index (χ1) is 21.2. The average Bonchev–Trinajstić information content (AvgIpc) is 3.57. The quantitative estimate of drug-likeness (QED) is 0.0919. The smallest absolute Gasteiger partial charge is 0.376 e. The Balaban J connectivity index is 0.000000167. The van der Waals surface area contributed by atoms with Crippen molar-refractivity contribution in [3.05, 3.63) is 95.2 Å². The number of esters is 1. The van der Waals surface area contributed by atoms with Crippen LogP contribution in [0.2, 0.25) is 0 Å². The number of aromatic amines is 1. The summed E-state index contributed by atoms with van der Waals surface area (Å²) >= 11 is 0. The van der Waals surface area contributed by atoms with Crippen molar-refractivity contribution >= 4 is 78.5 Å². The van der Waals surface area contributed by atoms with E-state index in [1.165, 1.54) is 6.33 Å². The van der Waals surface area contributed by atoms with E-state index in [-0.39, 0.29) is 23.5 Å². The number of nitrogens with two attached hydrogens (primary N) is 2. The fourth-order valence-corrected chi connectivity index (χ4v) is 4.51. The van der Waals surface area contributed by atoms with Gasteiger partial charge in [0, 0.05) is 28.5 Å². The topological polar surface area (TPSA) is 212 Å². The van der Waals surface area contributed by atoms with Gasteiger partial charge in [0.15, 0.2) is 0 Å². The minimum atomic E-state index is -0.833. The van der Waals surface area contributed by atoms with Gasteiger partial charge in [-0.25, -0.2) is 9.78 Å². The van der Waals surface area contributed by atoms with Gasteiger partial charge in [-0.2, -0.15) is 0 Å². The van der Waals surface area contributed by atoms with Gasteiger partial charge in [-0.05, 0) is 29.8 Å². The van der Waals surface area contributed by atoms with E-state index >= 15 is 0 Å². The number of H-pyrrole nitrogens is 1. The van der Waals surface area contributed by atoms with Crippen LogP contribution in [0, 0.1) is 5.41 Å². The lowest BCUT2D eigenvalue weighted by molar-refractivity contribution is -0.134. The Hall–Kier alpha value is -6.17. The molecule has 0 fully saturated rings. The molecule has 12 nitrogen and oxygen atoms in total. The van der Waals surface area contributed by atoms with Gasteiger partial charge in [-0.15, -0.1) is 0 Å². The molecule has 0 aliphatic heterocycles. The normalized spacial score (nSPS) is 10.3. The number of carbonyl (C=O) groups excluding carboxylic acids is 1. The second-order valence-corrected chi connectivity index (χ2v) is 9.09. The fourth-order valence-electron chi connectivity index (χ4n) is 4.51. The zero-order chi connectivity index (χ0) is 31.8. The van der Waals surface area contributed by atoms with Gasteiger partial charge in [0.25, 0.3) is 11.5 Å². The molecule has 0 saturated carbocycles. The minimum Gasteiger partial charge on any atom is -0.481 e. The molecule has 0 spiro atoms. The number of anilines is 1. The zero-order valence-electron chi connectivity index (χ0n) is 23.8. The number of carbonyl (C=O) groups is 2. The predicted molar refractivity (Wildman–Crippen MR) is 170 cm³/mol. The number of rotatable bonds is 2. The lowest BCUT2D eigenvalue weighted by Gasteiger charge is -1.97. The monoisotopic (exact) mass is 595 g/mol. The summed E-state index contributed by atoms with van der Waals surface area (Å²) in [6.07, 6.45) is 2.15. The van der Waals surface area contributed by atoms with Gasteiger partial charge in [-0.3, -0.25) is 15.0 Å². The molecule has 7 aromatic rings. The zero-order valence-corrected chi connectivity index (χ0v) is 23.8. The lowest BCUT2D eigenvalue weighted by atomic mass is 10.1. The Bertz CT molecular complexity index is 2180. The molecule has 0 bridgehead atoms. The highest BCUT2D eigenvalue weighted by Crippen LogP contribution is 2.34. The number of aromatic nitrogens is 2. The van der Waals surface area contributed by atoms with Crippen molar-refractivity contribution in [1.29, 1.82) is 5.41 Å². The van der Waals surface area contributed by atoms with Crippen molar-refractivity contribution in [3.63, 3.8) is 0 Å². The third-order valence-corrected chi connectivity index (χ3v) is 6.23. The molecule has 12 heteroatoms. The summed E-state index contributed by atoms with van der Waals surface area (Å²) in [7, 11) is 0. The Kier molecular flexibility index (Phi) is 9.56. The molecule has 0 saturated heterocycles. The average molecular weight is 596 g/mol. The summed E-state index contributed by atoms with van der Waals surface area (Å²) in [6.45, 7) is 3.11. The molecule has 3 heterocycles. The van der Waals surface area contributed by atoms with Crippen molar-refractivity contribution in [1.82, 2.24) is 9.97 Å². The summed E-state index contributed by atoms with van der Waals surface area (Å²) in [5.74, 6) is -1.28. The van der Waals surface area contributed by atoms with Crippen molar-refractivity contribution in [2.24, 2.45) is 5.73 Å². The molecule has 0 aliphatic carbocycles.